The maximum atomic E-state index is 13.6. The fraction of sp³-hybridized carbons (Fsp3) is 0. The van der Waals surface area contributed by atoms with E-state index in [-0.39, 0.29) is 5.56 Å². The molecule has 0 saturated heterocycles. The van der Waals surface area contributed by atoms with Gasteiger partial charge >= 0.3 is 0 Å². The normalized spacial score (nSPS) is 10.6. The minimum absolute atomic E-state index is 0.00576. The number of hydrogen-bond donors (Lipinski definition) is 3. The van der Waals surface area contributed by atoms with Gasteiger partial charge in [-0.25, -0.2) is 15.2 Å². The maximum absolute atomic E-state index is 13.6. The number of carbonyl (C=O) groups is 1. The van der Waals surface area contributed by atoms with Crippen LogP contribution in [-0.2, 0) is 0 Å². The van der Waals surface area contributed by atoms with Gasteiger partial charge in [0, 0.05) is 5.69 Å². The Morgan fingerprint density at radius 1 is 1.24 bits per heavy atom. The highest BCUT2D eigenvalue weighted by atomic mass is 32.1. The molecular weight excluding hydrogens is 291 g/mol. The highest BCUT2D eigenvalue weighted by Gasteiger charge is 2.11. The van der Waals surface area contributed by atoms with Crippen LogP contribution >= 0.6 is 11.3 Å². The summed E-state index contributed by atoms with van der Waals surface area (Å²) in [5.74, 6) is 4.27. The zero-order valence-corrected chi connectivity index (χ0v) is 11.6. The van der Waals surface area contributed by atoms with E-state index in [9.17, 15) is 9.18 Å². The molecular formula is C14H11FN4OS. The summed E-state index contributed by atoms with van der Waals surface area (Å²) < 4.78 is 14.4. The largest absolute Gasteiger partial charge is 0.322 e. The molecule has 1 amide bonds. The van der Waals surface area contributed by atoms with Gasteiger partial charge in [-0.3, -0.25) is 10.2 Å². The van der Waals surface area contributed by atoms with Gasteiger partial charge in [0.2, 0.25) is 0 Å². The van der Waals surface area contributed by atoms with E-state index in [4.69, 9.17) is 5.84 Å². The molecule has 7 heteroatoms. The van der Waals surface area contributed by atoms with E-state index in [1.54, 1.807) is 24.3 Å². The molecule has 0 aliphatic carbocycles. The molecule has 0 aliphatic rings. The van der Waals surface area contributed by atoms with E-state index < -0.39 is 11.7 Å². The summed E-state index contributed by atoms with van der Waals surface area (Å²) in [5, 5.41) is 3.25. The fourth-order valence-electron chi connectivity index (χ4n) is 1.91. The number of nitrogens with one attached hydrogen (secondary N) is 2. The maximum Gasteiger partial charge on any atom is 0.258 e. The Hall–Kier alpha value is -2.51. The Kier molecular flexibility index (Phi) is 3.51. The number of carbonyl (C=O) groups excluding carboxylic acids is 1. The van der Waals surface area contributed by atoms with E-state index in [1.165, 1.54) is 29.5 Å². The van der Waals surface area contributed by atoms with Crippen molar-refractivity contribution in [2.75, 3.05) is 10.7 Å². The quantitative estimate of drug-likeness (QED) is 0.513. The highest BCUT2D eigenvalue weighted by molar-refractivity contribution is 7.22. The molecule has 0 saturated carbocycles. The van der Waals surface area contributed by atoms with Crippen LogP contribution < -0.4 is 16.6 Å². The van der Waals surface area contributed by atoms with Crippen LogP contribution in [0.4, 0.5) is 15.2 Å². The summed E-state index contributed by atoms with van der Waals surface area (Å²) in [5.41, 5.74) is 3.83. The first-order valence-electron chi connectivity index (χ1n) is 6.10. The number of anilines is 2. The first kappa shape index (κ1) is 13.5. The Balaban J connectivity index is 1.87. The number of benzene rings is 2. The van der Waals surface area contributed by atoms with Gasteiger partial charge in [-0.15, -0.1) is 0 Å². The third kappa shape index (κ3) is 2.69. The lowest BCUT2D eigenvalue weighted by Gasteiger charge is -2.05. The minimum Gasteiger partial charge on any atom is -0.322 e. The molecule has 0 fully saturated rings. The van der Waals surface area contributed by atoms with Crippen molar-refractivity contribution in [3.05, 3.63) is 53.8 Å². The number of rotatable bonds is 3. The van der Waals surface area contributed by atoms with Crippen LogP contribution in [0, 0.1) is 5.82 Å². The molecule has 1 heterocycles. The van der Waals surface area contributed by atoms with Crippen LogP contribution in [0.15, 0.2) is 42.5 Å². The topological polar surface area (TPSA) is 80.0 Å². The average molecular weight is 302 g/mol. The minimum atomic E-state index is -0.552. The number of nitrogens with zero attached hydrogens (tertiary/aromatic N) is 1. The van der Waals surface area contributed by atoms with Crippen molar-refractivity contribution >= 4 is 38.3 Å². The number of hydrazine groups is 1. The number of amides is 1. The van der Waals surface area contributed by atoms with Gasteiger partial charge in [-0.05, 0) is 30.3 Å². The van der Waals surface area contributed by atoms with Crippen molar-refractivity contribution in [3.8, 4) is 0 Å². The lowest BCUT2D eigenvalue weighted by Crippen LogP contribution is -2.13. The number of halogens is 1. The second-order valence-electron chi connectivity index (χ2n) is 4.28. The van der Waals surface area contributed by atoms with E-state index in [2.05, 4.69) is 15.7 Å². The van der Waals surface area contributed by atoms with E-state index in [1.807, 2.05) is 0 Å². The molecule has 21 heavy (non-hydrogen) atoms. The Morgan fingerprint density at radius 2 is 2.05 bits per heavy atom. The number of fused-ring (bicyclic) bond motifs is 1. The van der Waals surface area contributed by atoms with Gasteiger partial charge in [-0.1, -0.05) is 23.5 Å². The molecule has 0 unspecified atom stereocenters. The average Bonchev–Trinajstić information content (AvgIpc) is 2.90. The summed E-state index contributed by atoms with van der Waals surface area (Å²) in [6, 6.07) is 11.1. The van der Waals surface area contributed by atoms with Crippen molar-refractivity contribution in [2.24, 2.45) is 5.84 Å². The predicted molar refractivity (Wildman–Crippen MR) is 81.8 cm³/mol. The van der Waals surface area contributed by atoms with Crippen LogP contribution in [0.25, 0.3) is 10.2 Å². The highest BCUT2D eigenvalue weighted by Crippen LogP contribution is 2.28. The van der Waals surface area contributed by atoms with Gasteiger partial charge in [-0.2, -0.15) is 0 Å². The molecule has 0 aliphatic heterocycles. The summed E-state index contributed by atoms with van der Waals surface area (Å²) in [7, 11) is 0. The first-order chi connectivity index (χ1) is 10.2. The predicted octanol–water partition coefficient (Wildman–Crippen LogP) is 2.97. The molecule has 3 rings (SSSR count). The van der Waals surface area contributed by atoms with E-state index in [0.717, 1.165) is 10.2 Å². The number of aromatic nitrogens is 1. The van der Waals surface area contributed by atoms with Gasteiger partial charge in [0.1, 0.15) is 5.82 Å². The molecule has 0 bridgehead atoms. The molecule has 106 valence electrons. The second kappa shape index (κ2) is 5.47. The smallest absolute Gasteiger partial charge is 0.258 e. The number of thiazole rings is 1. The lowest BCUT2D eigenvalue weighted by atomic mass is 10.2. The van der Waals surface area contributed by atoms with Gasteiger partial charge in [0.15, 0.2) is 5.13 Å². The summed E-state index contributed by atoms with van der Waals surface area (Å²) >= 11 is 1.36. The summed E-state index contributed by atoms with van der Waals surface area (Å²) in [4.78, 5) is 16.3. The van der Waals surface area contributed by atoms with Crippen molar-refractivity contribution in [3.63, 3.8) is 0 Å². The SMILES string of the molecule is NNc1nc2ccc(NC(=O)c3ccccc3F)cc2s1. The molecule has 3 aromatic rings. The van der Waals surface area contributed by atoms with E-state index in [0.29, 0.717) is 10.8 Å². The summed E-state index contributed by atoms with van der Waals surface area (Å²) in [6.07, 6.45) is 0. The number of hydrogen-bond acceptors (Lipinski definition) is 5. The standard InChI is InChI=1S/C14H11FN4OS/c15-10-4-2-1-3-9(10)13(20)17-8-5-6-11-12(7-8)21-14(18-11)19-16/h1-7H,16H2,(H,17,20)(H,18,19). The van der Waals surface area contributed by atoms with Crippen LogP contribution in [0.1, 0.15) is 10.4 Å². The molecule has 0 spiro atoms. The third-order valence-corrected chi connectivity index (χ3v) is 3.84. The van der Waals surface area contributed by atoms with Crippen LogP contribution in [0.5, 0.6) is 0 Å². The molecule has 0 atom stereocenters. The Bertz CT molecular complexity index is 818. The van der Waals surface area contributed by atoms with Gasteiger partial charge < -0.3 is 5.32 Å². The molecule has 4 N–H and O–H groups in total. The number of nitrogens with two attached hydrogens (primary N) is 1. The lowest BCUT2D eigenvalue weighted by molar-refractivity contribution is 0.102. The zero-order valence-electron chi connectivity index (χ0n) is 10.8. The summed E-state index contributed by atoms with van der Waals surface area (Å²) in [6.45, 7) is 0. The van der Waals surface area contributed by atoms with Crippen molar-refractivity contribution < 1.29 is 9.18 Å². The third-order valence-electron chi connectivity index (χ3n) is 2.89. The van der Waals surface area contributed by atoms with Crippen molar-refractivity contribution in [1.29, 1.82) is 0 Å². The Morgan fingerprint density at radius 3 is 2.81 bits per heavy atom. The van der Waals surface area contributed by atoms with Crippen LogP contribution in [-0.4, -0.2) is 10.9 Å². The van der Waals surface area contributed by atoms with Gasteiger partial charge in [0.05, 0.1) is 15.8 Å². The fourth-order valence-corrected chi connectivity index (χ4v) is 2.72. The van der Waals surface area contributed by atoms with Crippen LogP contribution in [0.2, 0.25) is 0 Å². The first-order valence-corrected chi connectivity index (χ1v) is 6.92. The second-order valence-corrected chi connectivity index (χ2v) is 5.31. The van der Waals surface area contributed by atoms with Crippen molar-refractivity contribution in [2.45, 2.75) is 0 Å². The van der Waals surface area contributed by atoms with Crippen molar-refractivity contribution in [1.82, 2.24) is 4.98 Å². The molecule has 2 aromatic carbocycles. The Labute approximate surface area is 123 Å². The molecule has 1 aromatic heterocycles. The number of nitrogen functional groups attached to an aromatic ring is 1. The van der Waals surface area contributed by atoms with Gasteiger partial charge in [0.25, 0.3) is 5.91 Å². The monoisotopic (exact) mass is 302 g/mol. The molecule has 5 nitrogen and oxygen atoms in total. The zero-order chi connectivity index (χ0) is 14.8. The van der Waals surface area contributed by atoms with Crippen LogP contribution in [0.3, 0.4) is 0 Å². The molecule has 0 radical (unpaired) electrons. The van der Waals surface area contributed by atoms with E-state index >= 15 is 0 Å².